The van der Waals surface area contributed by atoms with Crippen molar-refractivity contribution in [3.63, 3.8) is 0 Å². The molecule has 0 bridgehead atoms. The lowest BCUT2D eigenvalue weighted by atomic mass is 10.0. The molecule has 0 amide bonds. The summed E-state index contributed by atoms with van der Waals surface area (Å²) in [5.41, 5.74) is 2.26. The smallest absolute Gasteiger partial charge is 0.126 e. The van der Waals surface area contributed by atoms with Crippen LogP contribution in [0.3, 0.4) is 0 Å². The number of fused-ring (bicyclic) bond motifs is 1. The Bertz CT molecular complexity index is 512. The Morgan fingerprint density at radius 2 is 2.00 bits per heavy atom. The molecule has 0 saturated heterocycles. The van der Waals surface area contributed by atoms with E-state index in [1.165, 1.54) is 10.9 Å². The van der Waals surface area contributed by atoms with Gasteiger partial charge in [-0.05, 0) is 30.0 Å². The zero-order valence-corrected chi connectivity index (χ0v) is 9.08. The number of methoxy groups -OCH3 is 1. The van der Waals surface area contributed by atoms with Crippen LogP contribution in [0.15, 0.2) is 43.0 Å². The van der Waals surface area contributed by atoms with Gasteiger partial charge in [0, 0.05) is 5.39 Å². The van der Waals surface area contributed by atoms with Crippen molar-refractivity contribution < 1.29 is 4.74 Å². The summed E-state index contributed by atoms with van der Waals surface area (Å²) in [5.74, 6) is 0.917. The molecule has 0 aliphatic carbocycles. The largest absolute Gasteiger partial charge is 0.496 e. The average Bonchev–Trinajstić information content (AvgIpc) is 2.27. The van der Waals surface area contributed by atoms with E-state index in [-0.39, 0.29) is 0 Å². The second-order valence-electron chi connectivity index (χ2n) is 3.68. The third-order valence-electron chi connectivity index (χ3n) is 2.55. The lowest BCUT2D eigenvalue weighted by Gasteiger charge is -2.07. The lowest BCUT2D eigenvalue weighted by molar-refractivity contribution is 0.420. The van der Waals surface area contributed by atoms with E-state index < -0.39 is 0 Å². The Labute approximate surface area is 90.0 Å². The molecule has 1 nitrogen and oxygen atoms in total. The predicted octanol–water partition coefficient (Wildman–Crippen LogP) is 3.88. The van der Waals surface area contributed by atoms with Crippen molar-refractivity contribution in [2.24, 2.45) is 0 Å². The Balaban J connectivity index is 2.69. The number of ether oxygens (including phenoxy) is 1. The molecule has 15 heavy (non-hydrogen) atoms. The fourth-order valence-electron chi connectivity index (χ4n) is 1.70. The van der Waals surface area contributed by atoms with Crippen LogP contribution in [-0.4, -0.2) is 7.11 Å². The summed E-state index contributed by atoms with van der Waals surface area (Å²) in [6, 6.07) is 12.4. The van der Waals surface area contributed by atoms with Crippen LogP contribution in [0.1, 0.15) is 12.5 Å². The van der Waals surface area contributed by atoms with Gasteiger partial charge in [-0.1, -0.05) is 36.4 Å². The van der Waals surface area contributed by atoms with Gasteiger partial charge in [0.1, 0.15) is 5.75 Å². The number of rotatable bonds is 2. The van der Waals surface area contributed by atoms with Crippen LogP contribution in [0.25, 0.3) is 16.3 Å². The minimum atomic E-state index is 0.917. The second-order valence-corrected chi connectivity index (χ2v) is 3.68. The molecule has 0 N–H and O–H groups in total. The van der Waals surface area contributed by atoms with E-state index in [1.807, 2.05) is 19.1 Å². The van der Waals surface area contributed by atoms with Crippen molar-refractivity contribution in [1.82, 2.24) is 0 Å². The predicted molar refractivity (Wildman–Crippen MR) is 65.2 cm³/mol. The zero-order chi connectivity index (χ0) is 10.8. The SMILES string of the molecule is C=C(C)c1ccc2c(OC)cccc2c1. The molecule has 0 aromatic heterocycles. The van der Waals surface area contributed by atoms with Gasteiger partial charge in [0.05, 0.1) is 7.11 Å². The van der Waals surface area contributed by atoms with E-state index in [1.54, 1.807) is 7.11 Å². The van der Waals surface area contributed by atoms with E-state index in [0.29, 0.717) is 0 Å². The lowest BCUT2D eigenvalue weighted by Crippen LogP contribution is -1.85. The molecule has 0 unspecified atom stereocenters. The summed E-state index contributed by atoms with van der Waals surface area (Å²) in [6.07, 6.45) is 0. The van der Waals surface area contributed by atoms with Crippen LogP contribution in [0.2, 0.25) is 0 Å². The summed E-state index contributed by atoms with van der Waals surface area (Å²) in [5, 5.41) is 2.33. The van der Waals surface area contributed by atoms with Crippen LogP contribution in [-0.2, 0) is 0 Å². The minimum absolute atomic E-state index is 0.917. The van der Waals surface area contributed by atoms with Gasteiger partial charge >= 0.3 is 0 Å². The third-order valence-corrected chi connectivity index (χ3v) is 2.55. The molecule has 0 heterocycles. The molecule has 2 aromatic carbocycles. The van der Waals surface area contributed by atoms with Gasteiger partial charge in [-0.25, -0.2) is 0 Å². The first-order valence-electron chi connectivity index (χ1n) is 4.95. The van der Waals surface area contributed by atoms with Gasteiger partial charge < -0.3 is 4.74 Å². The Morgan fingerprint density at radius 1 is 1.20 bits per heavy atom. The van der Waals surface area contributed by atoms with Crippen molar-refractivity contribution >= 4 is 16.3 Å². The van der Waals surface area contributed by atoms with Crippen LogP contribution >= 0.6 is 0 Å². The number of hydrogen-bond acceptors (Lipinski definition) is 1. The molecule has 0 fully saturated rings. The van der Waals surface area contributed by atoms with E-state index in [2.05, 4.69) is 30.8 Å². The van der Waals surface area contributed by atoms with E-state index in [0.717, 1.165) is 16.7 Å². The van der Waals surface area contributed by atoms with Gasteiger partial charge in [0.15, 0.2) is 0 Å². The summed E-state index contributed by atoms with van der Waals surface area (Å²) in [4.78, 5) is 0. The Morgan fingerprint density at radius 3 is 2.67 bits per heavy atom. The van der Waals surface area contributed by atoms with E-state index in [9.17, 15) is 0 Å². The van der Waals surface area contributed by atoms with Crippen LogP contribution in [0.5, 0.6) is 5.75 Å². The molecule has 2 rings (SSSR count). The minimum Gasteiger partial charge on any atom is -0.496 e. The number of hydrogen-bond donors (Lipinski definition) is 0. The van der Waals surface area contributed by atoms with Crippen molar-refractivity contribution in [3.05, 3.63) is 48.5 Å². The fourth-order valence-corrected chi connectivity index (χ4v) is 1.70. The number of benzene rings is 2. The first-order chi connectivity index (χ1) is 7.22. The zero-order valence-electron chi connectivity index (χ0n) is 9.08. The van der Waals surface area contributed by atoms with Crippen LogP contribution in [0.4, 0.5) is 0 Å². The van der Waals surface area contributed by atoms with Crippen molar-refractivity contribution in [2.45, 2.75) is 6.92 Å². The van der Waals surface area contributed by atoms with Gasteiger partial charge in [-0.15, -0.1) is 0 Å². The van der Waals surface area contributed by atoms with Crippen LogP contribution < -0.4 is 4.74 Å². The topological polar surface area (TPSA) is 9.23 Å². The van der Waals surface area contributed by atoms with E-state index in [4.69, 9.17) is 4.74 Å². The molecule has 0 atom stereocenters. The van der Waals surface area contributed by atoms with Gasteiger partial charge in [0.25, 0.3) is 0 Å². The molecule has 0 spiro atoms. The Kier molecular flexibility index (Phi) is 2.46. The molecular weight excluding hydrogens is 184 g/mol. The first kappa shape index (κ1) is 9.78. The maximum Gasteiger partial charge on any atom is 0.126 e. The summed E-state index contributed by atoms with van der Waals surface area (Å²) >= 11 is 0. The summed E-state index contributed by atoms with van der Waals surface area (Å²) < 4.78 is 5.31. The van der Waals surface area contributed by atoms with Gasteiger partial charge in [-0.3, -0.25) is 0 Å². The normalized spacial score (nSPS) is 10.3. The molecular formula is C14H14O. The van der Waals surface area contributed by atoms with Crippen molar-refractivity contribution in [3.8, 4) is 5.75 Å². The fraction of sp³-hybridized carbons (Fsp3) is 0.143. The highest BCUT2D eigenvalue weighted by Gasteiger charge is 2.01. The van der Waals surface area contributed by atoms with E-state index >= 15 is 0 Å². The summed E-state index contributed by atoms with van der Waals surface area (Å²) in [6.45, 7) is 5.96. The molecule has 2 aromatic rings. The van der Waals surface area contributed by atoms with Crippen molar-refractivity contribution in [1.29, 1.82) is 0 Å². The van der Waals surface area contributed by atoms with Gasteiger partial charge in [-0.2, -0.15) is 0 Å². The van der Waals surface area contributed by atoms with Crippen LogP contribution in [0, 0.1) is 0 Å². The average molecular weight is 198 g/mol. The summed E-state index contributed by atoms with van der Waals surface area (Å²) in [7, 11) is 1.70. The maximum absolute atomic E-state index is 5.31. The standard InChI is InChI=1S/C14H14O/c1-10(2)11-7-8-13-12(9-11)5-4-6-14(13)15-3/h4-9H,1H2,2-3H3. The van der Waals surface area contributed by atoms with Gasteiger partial charge in [0.2, 0.25) is 0 Å². The highest BCUT2D eigenvalue weighted by Crippen LogP contribution is 2.27. The monoisotopic (exact) mass is 198 g/mol. The molecule has 76 valence electrons. The molecule has 0 radical (unpaired) electrons. The second kappa shape index (κ2) is 3.77. The first-order valence-corrected chi connectivity index (χ1v) is 4.95. The number of allylic oxidation sites excluding steroid dienone is 1. The molecule has 1 heteroatoms. The Hall–Kier alpha value is -1.76. The molecule has 0 saturated carbocycles. The molecule has 0 aliphatic heterocycles. The highest BCUT2D eigenvalue weighted by molar-refractivity contribution is 5.90. The maximum atomic E-state index is 5.31. The quantitative estimate of drug-likeness (QED) is 0.711. The molecule has 0 aliphatic rings. The van der Waals surface area contributed by atoms with Crippen molar-refractivity contribution in [2.75, 3.05) is 7.11 Å². The third kappa shape index (κ3) is 1.73. The highest BCUT2D eigenvalue weighted by atomic mass is 16.5.